The van der Waals surface area contributed by atoms with E-state index in [4.69, 9.17) is 9.84 Å². The summed E-state index contributed by atoms with van der Waals surface area (Å²) in [6.45, 7) is 1.66. The highest BCUT2D eigenvalue weighted by Gasteiger charge is 2.13. The molecule has 0 bridgehead atoms. The minimum atomic E-state index is -1.13. The third-order valence-corrected chi connectivity index (χ3v) is 2.55. The summed E-state index contributed by atoms with van der Waals surface area (Å²) in [5, 5.41) is 9.01. The first-order valence-corrected chi connectivity index (χ1v) is 5.65. The zero-order valence-corrected chi connectivity index (χ0v) is 10.3. The highest BCUT2D eigenvalue weighted by molar-refractivity contribution is 5.90. The molecule has 0 radical (unpaired) electrons. The van der Waals surface area contributed by atoms with E-state index < -0.39 is 11.8 Å². The fourth-order valence-corrected chi connectivity index (χ4v) is 1.57. The maximum atomic E-state index is 13.4. The molecule has 0 aliphatic carbocycles. The molecule has 98 valence electrons. The Kier molecular flexibility index (Phi) is 3.75. The molecule has 0 saturated heterocycles. The van der Waals surface area contributed by atoms with Crippen molar-refractivity contribution >= 4 is 5.97 Å². The predicted molar refractivity (Wildman–Crippen MR) is 66.7 cm³/mol. The molecule has 5 heteroatoms. The van der Waals surface area contributed by atoms with Crippen LogP contribution >= 0.6 is 0 Å². The van der Waals surface area contributed by atoms with E-state index in [1.165, 1.54) is 12.1 Å². The van der Waals surface area contributed by atoms with E-state index in [0.29, 0.717) is 11.3 Å². The molecule has 1 heterocycles. The lowest BCUT2D eigenvalue weighted by Gasteiger charge is -2.09. The molecule has 0 aliphatic rings. The maximum Gasteiger partial charge on any atom is 0.341 e. The number of hydrogen-bond donors (Lipinski definition) is 1. The fourth-order valence-electron chi connectivity index (χ4n) is 1.57. The van der Waals surface area contributed by atoms with Crippen LogP contribution in [0.15, 0.2) is 36.4 Å². The van der Waals surface area contributed by atoms with Crippen LogP contribution in [0.4, 0.5) is 4.39 Å². The van der Waals surface area contributed by atoms with Crippen LogP contribution in [0.1, 0.15) is 21.6 Å². The molecule has 0 amide bonds. The molecule has 2 aromatic rings. The van der Waals surface area contributed by atoms with Crippen LogP contribution < -0.4 is 4.74 Å². The Bertz CT molecular complexity index is 613. The number of benzene rings is 1. The van der Waals surface area contributed by atoms with E-state index in [-0.39, 0.29) is 18.1 Å². The largest absolute Gasteiger partial charge is 0.477 e. The van der Waals surface area contributed by atoms with Crippen LogP contribution in [0, 0.1) is 12.7 Å². The van der Waals surface area contributed by atoms with Gasteiger partial charge in [0, 0.05) is 11.3 Å². The first-order chi connectivity index (χ1) is 9.08. The van der Waals surface area contributed by atoms with Gasteiger partial charge in [0.2, 0.25) is 5.88 Å². The van der Waals surface area contributed by atoms with Crippen LogP contribution in [0.2, 0.25) is 0 Å². The number of ether oxygens (including phenoxy) is 1. The zero-order valence-electron chi connectivity index (χ0n) is 10.3. The van der Waals surface area contributed by atoms with E-state index in [1.54, 1.807) is 31.2 Å². The summed E-state index contributed by atoms with van der Waals surface area (Å²) in [6.07, 6.45) is 0. The highest BCUT2D eigenvalue weighted by atomic mass is 19.1. The van der Waals surface area contributed by atoms with Crippen molar-refractivity contribution in [1.82, 2.24) is 4.98 Å². The monoisotopic (exact) mass is 261 g/mol. The Balaban J connectivity index is 2.22. The molecule has 1 aromatic heterocycles. The predicted octanol–water partition coefficient (Wildman–Crippen LogP) is 2.81. The molecule has 0 unspecified atom stereocenters. The SMILES string of the molecule is Cc1ccc(C(=O)O)c(OCc2ccccc2F)n1. The molecule has 0 atom stereocenters. The topological polar surface area (TPSA) is 59.4 Å². The number of hydrogen-bond acceptors (Lipinski definition) is 3. The number of aromatic nitrogens is 1. The van der Waals surface area contributed by atoms with Crippen LogP contribution in [0.25, 0.3) is 0 Å². The lowest BCUT2D eigenvalue weighted by Crippen LogP contribution is -2.06. The number of aryl methyl sites for hydroxylation is 1. The second kappa shape index (κ2) is 5.48. The molecule has 0 aliphatic heterocycles. The Morgan fingerprint density at radius 2 is 2.05 bits per heavy atom. The molecular formula is C14H12FNO3. The van der Waals surface area contributed by atoms with Gasteiger partial charge >= 0.3 is 5.97 Å². The molecule has 1 N–H and O–H groups in total. The lowest BCUT2D eigenvalue weighted by atomic mass is 10.2. The van der Waals surface area contributed by atoms with Crippen molar-refractivity contribution in [2.75, 3.05) is 0 Å². The lowest BCUT2D eigenvalue weighted by molar-refractivity contribution is 0.0690. The third-order valence-electron chi connectivity index (χ3n) is 2.55. The molecule has 1 aromatic carbocycles. The molecule has 2 rings (SSSR count). The number of aromatic carboxylic acids is 1. The average molecular weight is 261 g/mol. The van der Waals surface area contributed by atoms with Gasteiger partial charge in [0.15, 0.2) is 0 Å². The molecule has 0 fully saturated rings. The van der Waals surface area contributed by atoms with E-state index in [0.717, 1.165) is 0 Å². The van der Waals surface area contributed by atoms with E-state index in [1.807, 2.05) is 0 Å². The van der Waals surface area contributed by atoms with Gasteiger partial charge in [-0.25, -0.2) is 14.2 Å². The highest BCUT2D eigenvalue weighted by Crippen LogP contribution is 2.18. The molecule has 0 spiro atoms. The first-order valence-electron chi connectivity index (χ1n) is 5.65. The van der Waals surface area contributed by atoms with Gasteiger partial charge in [-0.15, -0.1) is 0 Å². The number of pyridine rings is 1. The van der Waals surface area contributed by atoms with Crippen molar-refractivity contribution in [2.24, 2.45) is 0 Å². The first kappa shape index (κ1) is 13.0. The molecule has 4 nitrogen and oxygen atoms in total. The summed E-state index contributed by atoms with van der Waals surface area (Å²) in [5.74, 6) is -1.53. The number of nitrogens with zero attached hydrogens (tertiary/aromatic N) is 1. The van der Waals surface area contributed by atoms with Crippen molar-refractivity contribution in [2.45, 2.75) is 13.5 Å². The standard InChI is InChI=1S/C14H12FNO3/c1-9-6-7-11(14(17)18)13(16-9)19-8-10-4-2-3-5-12(10)15/h2-7H,8H2,1H3,(H,17,18). The third kappa shape index (κ3) is 3.07. The normalized spacial score (nSPS) is 10.2. The minimum Gasteiger partial charge on any atom is -0.477 e. The van der Waals surface area contributed by atoms with Gasteiger partial charge in [-0.1, -0.05) is 18.2 Å². The summed E-state index contributed by atoms with van der Waals surface area (Å²) in [5.41, 5.74) is 0.942. The van der Waals surface area contributed by atoms with Crippen LogP contribution in [-0.2, 0) is 6.61 Å². The smallest absolute Gasteiger partial charge is 0.341 e. The number of rotatable bonds is 4. The average Bonchev–Trinajstić information content (AvgIpc) is 2.37. The zero-order chi connectivity index (χ0) is 13.8. The summed E-state index contributed by atoms with van der Waals surface area (Å²) in [6, 6.07) is 9.16. The van der Waals surface area contributed by atoms with E-state index in [9.17, 15) is 9.18 Å². The summed E-state index contributed by atoms with van der Waals surface area (Å²) in [7, 11) is 0. The maximum absolute atomic E-state index is 13.4. The van der Waals surface area contributed by atoms with E-state index in [2.05, 4.69) is 4.98 Å². The number of carboxylic acids is 1. The van der Waals surface area contributed by atoms with Crippen molar-refractivity contribution in [3.63, 3.8) is 0 Å². The Morgan fingerprint density at radius 3 is 2.74 bits per heavy atom. The second-order valence-corrected chi connectivity index (χ2v) is 3.99. The summed E-state index contributed by atoms with van der Waals surface area (Å²) >= 11 is 0. The van der Waals surface area contributed by atoms with Crippen molar-refractivity contribution < 1.29 is 19.0 Å². The van der Waals surface area contributed by atoms with Crippen LogP contribution in [0.5, 0.6) is 5.88 Å². The van der Waals surface area contributed by atoms with Gasteiger partial charge in [0.25, 0.3) is 0 Å². The molecule has 19 heavy (non-hydrogen) atoms. The van der Waals surface area contributed by atoms with Gasteiger partial charge in [-0.05, 0) is 25.1 Å². The second-order valence-electron chi connectivity index (χ2n) is 3.99. The molecular weight excluding hydrogens is 249 g/mol. The fraction of sp³-hybridized carbons (Fsp3) is 0.143. The molecule has 0 saturated carbocycles. The summed E-state index contributed by atoms with van der Waals surface area (Å²) in [4.78, 5) is 15.0. The van der Waals surface area contributed by atoms with E-state index >= 15 is 0 Å². The van der Waals surface area contributed by atoms with Gasteiger partial charge in [0.05, 0.1) is 0 Å². The van der Waals surface area contributed by atoms with Crippen molar-refractivity contribution in [1.29, 1.82) is 0 Å². The summed E-state index contributed by atoms with van der Waals surface area (Å²) < 4.78 is 18.7. The van der Waals surface area contributed by atoms with Gasteiger partial charge in [0.1, 0.15) is 18.0 Å². The number of carboxylic acid groups (broad SMARTS) is 1. The van der Waals surface area contributed by atoms with Crippen molar-refractivity contribution in [3.05, 3.63) is 59.0 Å². The Hall–Kier alpha value is -2.43. The number of carbonyl (C=O) groups is 1. The van der Waals surface area contributed by atoms with Crippen molar-refractivity contribution in [3.8, 4) is 5.88 Å². The van der Waals surface area contributed by atoms with Gasteiger partial charge < -0.3 is 9.84 Å². The Labute approximate surface area is 109 Å². The minimum absolute atomic E-state index is 0.00393. The van der Waals surface area contributed by atoms with Crippen LogP contribution in [0.3, 0.4) is 0 Å². The van der Waals surface area contributed by atoms with Gasteiger partial charge in [-0.2, -0.15) is 0 Å². The van der Waals surface area contributed by atoms with Crippen LogP contribution in [-0.4, -0.2) is 16.1 Å². The quantitative estimate of drug-likeness (QED) is 0.919. The Morgan fingerprint density at radius 1 is 1.32 bits per heavy atom. The van der Waals surface area contributed by atoms with Gasteiger partial charge in [-0.3, -0.25) is 0 Å². The number of halogens is 1.